The molecule has 5 nitrogen and oxygen atoms in total. The zero-order valence-corrected chi connectivity index (χ0v) is 13.3. The van der Waals surface area contributed by atoms with Crippen molar-refractivity contribution in [2.24, 2.45) is 5.92 Å². The predicted molar refractivity (Wildman–Crippen MR) is 81.5 cm³/mol. The fourth-order valence-electron chi connectivity index (χ4n) is 2.35. The van der Waals surface area contributed by atoms with Crippen LogP contribution in [-0.2, 0) is 9.53 Å². The summed E-state index contributed by atoms with van der Waals surface area (Å²) in [7, 11) is 1.36. The Hall–Kier alpha value is -1.31. The van der Waals surface area contributed by atoms with Crippen LogP contribution in [0.25, 0.3) is 0 Å². The third kappa shape index (κ3) is 3.23. The van der Waals surface area contributed by atoms with Crippen molar-refractivity contribution in [2.75, 3.05) is 20.2 Å². The summed E-state index contributed by atoms with van der Waals surface area (Å²) in [5, 5.41) is 9.67. The molecule has 1 N–H and O–H groups in total. The number of benzene rings is 1. The standard InChI is InChI=1S/C14H16INO4/c1-20-14(19)10-3-2-6-16(8-10)13(18)9-4-5-11(15)12(17)7-9/h4-5,7,10,17H,2-3,6,8H2,1H3/t10-/m0/s1. The highest BCUT2D eigenvalue weighted by atomic mass is 127. The Bertz CT molecular complexity index is 532. The minimum atomic E-state index is -0.270. The number of piperidine rings is 1. The van der Waals surface area contributed by atoms with Crippen molar-refractivity contribution >= 4 is 34.5 Å². The van der Waals surface area contributed by atoms with Crippen LogP contribution in [0, 0.1) is 9.49 Å². The molecule has 1 saturated heterocycles. The first-order valence-electron chi connectivity index (χ1n) is 6.38. The van der Waals surface area contributed by atoms with Crippen molar-refractivity contribution in [1.29, 1.82) is 0 Å². The van der Waals surface area contributed by atoms with E-state index in [1.165, 1.54) is 13.2 Å². The van der Waals surface area contributed by atoms with Crippen LogP contribution in [0.1, 0.15) is 23.2 Å². The highest BCUT2D eigenvalue weighted by molar-refractivity contribution is 14.1. The summed E-state index contributed by atoms with van der Waals surface area (Å²) in [4.78, 5) is 25.6. The zero-order valence-electron chi connectivity index (χ0n) is 11.1. The Morgan fingerprint density at radius 3 is 2.85 bits per heavy atom. The lowest BCUT2D eigenvalue weighted by atomic mass is 9.97. The highest BCUT2D eigenvalue weighted by Gasteiger charge is 2.29. The third-order valence-electron chi connectivity index (χ3n) is 3.44. The van der Waals surface area contributed by atoms with Gasteiger partial charge in [-0.1, -0.05) is 0 Å². The molecule has 0 saturated carbocycles. The first kappa shape index (κ1) is 15.1. The molecule has 0 unspecified atom stereocenters. The number of aromatic hydroxyl groups is 1. The van der Waals surface area contributed by atoms with E-state index in [0.717, 1.165) is 12.8 Å². The molecule has 2 rings (SSSR count). The summed E-state index contributed by atoms with van der Waals surface area (Å²) in [6.45, 7) is 0.997. The molecule has 108 valence electrons. The average Bonchev–Trinajstić information content (AvgIpc) is 2.48. The molecular weight excluding hydrogens is 373 g/mol. The van der Waals surface area contributed by atoms with Crippen LogP contribution in [0.3, 0.4) is 0 Å². The van der Waals surface area contributed by atoms with Crippen LogP contribution in [-0.4, -0.2) is 42.1 Å². The Labute approximate surface area is 131 Å². The molecule has 1 aromatic carbocycles. The van der Waals surface area contributed by atoms with Gasteiger partial charge in [0, 0.05) is 18.7 Å². The number of halogens is 1. The maximum Gasteiger partial charge on any atom is 0.310 e. The summed E-state index contributed by atoms with van der Waals surface area (Å²) in [6.07, 6.45) is 1.52. The number of esters is 1. The topological polar surface area (TPSA) is 66.8 Å². The smallest absolute Gasteiger partial charge is 0.310 e. The Morgan fingerprint density at radius 1 is 1.45 bits per heavy atom. The predicted octanol–water partition coefficient (Wildman–Crippen LogP) is 2.02. The van der Waals surface area contributed by atoms with E-state index in [-0.39, 0.29) is 23.5 Å². The number of phenols is 1. The van der Waals surface area contributed by atoms with Gasteiger partial charge in [0.1, 0.15) is 5.75 Å². The van der Waals surface area contributed by atoms with Gasteiger partial charge in [0.2, 0.25) is 0 Å². The number of amides is 1. The number of rotatable bonds is 2. The van der Waals surface area contributed by atoms with Gasteiger partial charge in [-0.25, -0.2) is 0 Å². The van der Waals surface area contributed by atoms with Crippen LogP contribution >= 0.6 is 22.6 Å². The van der Waals surface area contributed by atoms with Gasteiger partial charge in [-0.05, 0) is 53.6 Å². The number of carbonyl (C=O) groups excluding carboxylic acids is 2. The molecule has 1 aliphatic rings. The van der Waals surface area contributed by atoms with Gasteiger partial charge in [-0.2, -0.15) is 0 Å². The molecule has 1 aromatic rings. The molecule has 0 bridgehead atoms. The first-order chi connectivity index (χ1) is 9.52. The zero-order chi connectivity index (χ0) is 14.7. The van der Waals surface area contributed by atoms with Crippen LogP contribution < -0.4 is 0 Å². The summed E-state index contributed by atoms with van der Waals surface area (Å²) in [5.74, 6) is -0.591. The fraction of sp³-hybridized carbons (Fsp3) is 0.429. The molecule has 20 heavy (non-hydrogen) atoms. The summed E-state index contributed by atoms with van der Waals surface area (Å²) in [5.41, 5.74) is 0.438. The maximum atomic E-state index is 12.4. The van der Waals surface area contributed by atoms with Gasteiger partial charge in [0.05, 0.1) is 16.6 Å². The van der Waals surface area contributed by atoms with Crippen LogP contribution in [0.2, 0.25) is 0 Å². The van der Waals surface area contributed by atoms with Gasteiger partial charge >= 0.3 is 5.97 Å². The largest absolute Gasteiger partial charge is 0.507 e. The molecule has 0 radical (unpaired) electrons. The minimum absolute atomic E-state index is 0.0953. The Morgan fingerprint density at radius 2 is 2.20 bits per heavy atom. The van der Waals surface area contributed by atoms with E-state index in [1.807, 2.05) is 22.6 Å². The lowest BCUT2D eigenvalue weighted by Gasteiger charge is -2.31. The fourth-order valence-corrected chi connectivity index (χ4v) is 2.68. The average molecular weight is 389 g/mol. The number of hydrogen-bond donors (Lipinski definition) is 1. The number of hydrogen-bond acceptors (Lipinski definition) is 4. The van der Waals surface area contributed by atoms with Crippen LogP contribution in [0.15, 0.2) is 18.2 Å². The van der Waals surface area contributed by atoms with Gasteiger partial charge in [-0.3, -0.25) is 9.59 Å². The second-order valence-corrected chi connectivity index (χ2v) is 5.94. The van der Waals surface area contributed by atoms with Crippen molar-refractivity contribution in [3.63, 3.8) is 0 Å². The molecule has 1 amide bonds. The van der Waals surface area contributed by atoms with E-state index >= 15 is 0 Å². The van der Waals surface area contributed by atoms with Crippen molar-refractivity contribution in [3.05, 3.63) is 27.3 Å². The second-order valence-electron chi connectivity index (χ2n) is 4.78. The van der Waals surface area contributed by atoms with Crippen molar-refractivity contribution in [3.8, 4) is 5.75 Å². The van der Waals surface area contributed by atoms with Crippen LogP contribution in [0.5, 0.6) is 5.75 Å². The Balaban J connectivity index is 2.12. The summed E-state index contributed by atoms with van der Waals surface area (Å²) >= 11 is 2.00. The Kier molecular flexibility index (Phi) is 4.85. The number of likely N-dealkylation sites (tertiary alicyclic amines) is 1. The van der Waals surface area contributed by atoms with E-state index in [2.05, 4.69) is 0 Å². The quantitative estimate of drug-likeness (QED) is 0.621. The summed E-state index contributed by atoms with van der Waals surface area (Å²) in [6, 6.07) is 4.85. The van der Waals surface area contributed by atoms with E-state index < -0.39 is 0 Å². The van der Waals surface area contributed by atoms with Gasteiger partial charge in [0.25, 0.3) is 5.91 Å². The first-order valence-corrected chi connectivity index (χ1v) is 7.46. The van der Waals surface area contributed by atoms with E-state index in [4.69, 9.17) is 4.74 Å². The van der Waals surface area contributed by atoms with Crippen molar-refractivity contribution < 1.29 is 19.4 Å². The molecule has 6 heteroatoms. The highest BCUT2D eigenvalue weighted by Crippen LogP contribution is 2.24. The number of ether oxygens (including phenoxy) is 1. The van der Waals surface area contributed by atoms with E-state index in [0.29, 0.717) is 22.2 Å². The van der Waals surface area contributed by atoms with Crippen molar-refractivity contribution in [2.45, 2.75) is 12.8 Å². The minimum Gasteiger partial charge on any atom is -0.507 e. The second kappa shape index (κ2) is 6.43. The SMILES string of the molecule is COC(=O)[C@H]1CCCN(C(=O)c2ccc(I)c(O)c2)C1. The molecular formula is C14H16INO4. The van der Waals surface area contributed by atoms with Gasteiger partial charge in [-0.15, -0.1) is 0 Å². The molecule has 0 spiro atoms. The normalized spacial score (nSPS) is 18.7. The molecule has 0 aromatic heterocycles. The molecule has 1 atom stereocenters. The molecule has 1 aliphatic heterocycles. The molecule has 1 heterocycles. The third-order valence-corrected chi connectivity index (χ3v) is 4.35. The molecule has 1 fully saturated rings. The lowest BCUT2D eigenvalue weighted by Crippen LogP contribution is -2.42. The number of nitrogens with zero attached hydrogens (tertiary/aromatic N) is 1. The molecule has 0 aliphatic carbocycles. The van der Waals surface area contributed by atoms with E-state index in [9.17, 15) is 14.7 Å². The lowest BCUT2D eigenvalue weighted by molar-refractivity contribution is -0.146. The summed E-state index contributed by atoms with van der Waals surface area (Å²) < 4.78 is 5.44. The number of carbonyl (C=O) groups is 2. The van der Waals surface area contributed by atoms with Crippen LogP contribution in [0.4, 0.5) is 0 Å². The van der Waals surface area contributed by atoms with Crippen molar-refractivity contribution in [1.82, 2.24) is 4.90 Å². The van der Waals surface area contributed by atoms with E-state index in [1.54, 1.807) is 17.0 Å². The van der Waals surface area contributed by atoms with Gasteiger partial charge in [0.15, 0.2) is 0 Å². The van der Waals surface area contributed by atoms with Gasteiger partial charge < -0.3 is 14.7 Å². The maximum absolute atomic E-state index is 12.4. The number of methoxy groups -OCH3 is 1. The monoisotopic (exact) mass is 389 g/mol. The number of phenolic OH excluding ortho intramolecular Hbond substituents is 1.